The molecule has 1 heteroatoms. The van der Waals surface area contributed by atoms with Crippen molar-refractivity contribution in [3.05, 3.63) is 35.4 Å². The molecule has 0 saturated heterocycles. The first-order valence-electron chi connectivity index (χ1n) is 7.16. The summed E-state index contributed by atoms with van der Waals surface area (Å²) in [6.45, 7) is 3.60. The maximum absolute atomic E-state index is 3.80. The van der Waals surface area contributed by atoms with Crippen molar-refractivity contribution in [2.45, 2.75) is 45.1 Å². The summed E-state index contributed by atoms with van der Waals surface area (Å²) in [6.07, 6.45) is 6.85. The van der Waals surface area contributed by atoms with Gasteiger partial charge in [-0.3, -0.25) is 0 Å². The molecule has 92 valence electrons. The zero-order valence-corrected chi connectivity index (χ0v) is 10.8. The van der Waals surface area contributed by atoms with Gasteiger partial charge >= 0.3 is 0 Å². The van der Waals surface area contributed by atoms with Crippen molar-refractivity contribution in [1.82, 2.24) is 5.32 Å². The molecular formula is C16H23N. The Morgan fingerprint density at radius 1 is 1.24 bits per heavy atom. The number of aryl methyl sites for hydroxylation is 1. The monoisotopic (exact) mass is 229 g/mol. The van der Waals surface area contributed by atoms with Crippen LogP contribution in [0.2, 0.25) is 0 Å². The Bertz CT molecular complexity index is 381. The smallest absolute Gasteiger partial charge is 0.0323 e. The molecule has 0 bridgehead atoms. The van der Waals surface area contributed by atoms with Crippen molar-refractivity contribution in [1.29, 1.82) is 0 Å². The van der Waals surface area contributed by atoms with E-state index in [9.17, 15) is 0 Å². The normalized spacial score (nSPS) is 25.4. The lowest BCUT2D eigenvalue weighted by molar-refractivity contribution is 0.392. The van der Waals surface area contributed by atoms with Gasteiger partial charge in [-0.25, -0.2) is 0 Å². The van der Waals surface area contributed by atoms with Crippen LogP contribution in [0.25, 0.3) is 0 Å². The van der Waals surface area contributed by atoms with Gasteiger partial charge in [0.05, 0.1) is 0 Å². The molecule has 0 radical (unpaired) electrons. The first-order valence-corrected chi connectivity index (χ1v) is 7.16. The number of benzene rings is 1. The second kappa shape index (κ2) is 4.81. The zero-order chi connectivity index (χ0) is 11.7. The van der Waals surface area contributed by atoms with E-state index in [0.717, 1.165) is 11.8 Å². The van der Waals surface area contributed by atoms with Crippen LogP contribution in [0.1, 0.15) is 49.8 Å². The van der Waals surface area contributed by atoms with E-state index in [4.69, 9.17) is 0 Å². The van der Waals surface area contributed by atoms with Crippen LogP contribution < -0.4 is 5.32 Å². The Kier molecular flexibility index (Phi) is 3.19. The fourth-order valence-corrected chi connectivity index (χ4v) is 3.13. The molecule has 0 amide bonds. The van der Waals surface area contributed by atoms with Gasteiger partial charge in [-0.1, -0.05) is 31.2 Å². The third-order valence-electron chi connectivity index (χ3n) is 4.48. The van der Waals surface area contributed by atoms with Crippen LogP contribution in [0.5, 0.6) is 0 Å². The Balaban J connectivity index is 1.63. The van der Waals surface area contributed by atoms with Crippen LogP contribution in [0, 0.1) is 11.8 Å². The molecule has 0 spiro atoms. The zero-order valence-electron chi connectivity index (χ0n) is 10.8. The molecule has 2 unspecified atom stereocenters. The van der Waals surface area contributed by atoms with Crippen LogP contribution in [0.15, 0.2) is 24.3 Å². The van der Waals surface area contributed by atoms with E-state index in [1.807, 2.05) is 0 Å². The third-order valence-corrected chi connectivity index (χ3v) is 4.48. The number of hydrogen-bond acceptors (Lipinski definition) is 1. The number of fused-ring (bicyclic) bond motifs is 1. The van der Waals surface area contributed by atoms with E-state index >= 15 is 0 Å². The maximum Gasteiger partial charge on any atom is 0.0323 e. The molecule has 1 N–H and O–H groups in total. The molecule has 2 aliphatic rings. The quantitative estimate of drug-likeness (QED) is 0.830. The van der Waals surface area contributed by atoms with Gasteiger partial charge in [0.15, 0.2) is 0 Å². The minimum atomic E-state index is 0.612. The molecule has 1 aromatic carbocycles. The molecule has 3 rings (SSSR count). The number of hydrogen-bond donors (Lipinski definition) is 1. The highest BCUT2D eigenvalue weighted by molar-refractivity contribution is 5.32. The van der Waals surface area contributed by atoms with Gasteiger partial charge in [-0.05, 0) is 61.6 Å². The Morgan fingerprint density at radius 2 is 2.06 bits per heavy atom. The molecule has 1 aromatic rings. The summed E-state index contributed by atoms with van der Waals surface area (Å²) in [5.74, 6) is 1.88. The summed E-state index contributed by atoms with van der Waals surface area (Å²) in [5.41, 5.74) is 3.12. The predicted molar refractivity (Wildman–Crippen MR) is 72.0 cm³/mol. The lowest BCUT2D eigenvalue weighted by Gasteiger charge is -2.27. The lowest BCUT2D eigenvalue weighted by atomic mass is 9.87. The van der Waals surface area contributed by atoms with E-state index < -0.39 is 0 Å². The maximum atomic E-state index is 3.80. The Hall–Kier alpha value is -0.820. The molecule has 0 heterocycles. The van der Waals surface area contributed by atoms with E-state index in [-0.39, 0.29) is 0 Å². The van der Waals surface area contributed by atoms with E-state index in [1.54, 1.807) is 11.1 Å². The van der Waals surface area contributed by atoms with Crippen LogP contribution in [0.4, 0.5) is 0 Å². The molecule has 1 fully saturated rings. The standard InChI is InChI=1S/C16H23N/c1-12(13-9-10-13)11-17-16-8-4-6-14-5-2-3-7-15(14)16/h2-3,5,7,12-13,16-17H,4,6,8-11H2,1H3. The number of rotatable bonds is 4. The van der Waals surface area contributed by atoms with Gasteiger partial charge in [0, 0.05) is 6.04 Å². The van der Waals surface area contributed by atoms with Crippen LogP contribution in [-0.4, -0.2) is 6.54 Å². The number of nitrogens with one attached hydrogen (secondary N) is 1. The summed E-state index contributed by atoms with van der Waals surface area (Å²) in [4.78, 5) is 0. The minimum Gasteiger partial charge on any atom is -0.310 e. The van der Waals surface area contributed by atoms with Gasteiger partial charge in [-0.2, -0.15) is 0 Å². The lowest BCUT2D eigenvalue weighted by Crippen LogP contribution is -2.29. The Labute approximate surface area is 105 Å². The van der Waals surface area contributed by atoms with Crippen LogP contribution in [0.3, 0.4) is 0 Å². The van der Waals surface area contributed by atoms with E-state index in [0.29, 0.717) is 6.04 Å². The molecule has 1 nitrogen and oxygen atoms in total. The van der Waals surface area contributed by atoms with Crippen LogP contribution >= 0.6 is 0 Å². The highest BCUT2D eigenvalue weighted by Gasteiger charge is 2.28. The summed E-state index contributed by atoms with van der Waals surface area (Å²) >= 11 is 0. The van der Waals surface area contributed by atoms with Gasteiger partial charge in [0.25, 0.3) is 0 Å². The van der Waals surface area contributed by atoms with Crippen molar-refractivity contribution < 1.29 is 0 Å². The molecule has 2 atom stereocenters. The largest absolute Gasteiger partial charge is 0.310 e. The second-order valence-corrected chi connectivity index (χ2v) is 5.87. The minimum absolute atomic E-state index is 0.612. The van der Waals surface area contributed by atoms with Crippen molar-refractivity contribution in [2.75, 3.05) is 6.54 Å². The molecule has 0 aliphatic heterocycles. The van der Waals surface area contributed by atoms with Crippen molar-refractivity contribution in [3.8, 4) is 0 Å². The van der Waals surface area contributed by atoms with Crippen LogP contribution in [-0.2, 0) is 6.42 Å². The van der Waals surface area contributed by atoms with Gasteiger partial charge in [0.1, 0.15) is 0 Å². The van der Waals surface area contributed by atoms with Crippen molar-refractivity contribution in [2.24, 2.45) is 11.8 Å². The first-order chi connectivity index (χ1) is 8.34. The molecule has 0 aromatic heterocycles. The summed E-state index contributed by atoms with van der Waals surface area (Å²) in [7, 11) is 0. The highest BCUT2D eigenvalue weighted by Crippen LogP contribution is 2.37. The fourth-order valence-electron chi connectivity index (χ4n) is 3.13. The average molecular weight is 229 g/mol. The Morgan fingerprint density at radius 3 is 2.88 bits per heavy atom. The van der Waals surface area contributed by atoms with E-state index in [1.165, 1.54) is 38.6 Å². The van der Waals surface area contributed by atoms with Crippen molar-refractivity contribution in [3.63, 3.8) is 0 Å². The average Bonchev–Trinajstić information content (AvgIpc) is 3.20. The second-order valence-electron chi connectivity index (χ2n) is 5.87. The first kappa shape index (κ1) is 11.3. The fraction of sp³-hybridized carbons (Fsp3) is 0.625. The van der Waals surface area contributed by atoms with Gasteiger partial charge < -0.3 is 5.32 Å². The molecule has 2 aliphatic carbocycles. The SMILES string of the molecule is CC(CNC1CCCc2ccccc21)C1CC1. The molecular weight excluding hydrogens is 206 g/mol. The summed E-state index contributed by atoms with van der Waals surface area (Å²) in [5, 5.41) is 3.80. The topological polar surface area (TPSA) is 12.0 Å². The molecule has 17 heavy (non-hydrogen) atoms. The highest BCUT2D eigenvalue weighted by atomic mass is 14.9. The van der Waals surface area contributed by atoms with E-state index in [2.05, 4.69) is 36.5 Å². The van der Waals surface area contributed by atoms with Gasteiger partial charge in [-0.15, -0.1) is 0 Å². The predicted octanol–water partition coefficient (Wildman–Crippen LogP) is 3.70. The van der Waals surface area contributed by atoms with Gasteiger partial charge in [0.2, 0.25) is 0 Å². The molecule has 1 saturated carbocycles. The summed E-state index contributed by atoms with van der Waals surface area (Å²) < 4.78 is 0. The third kappa shape index (κ3) is 2.55. The summed E-state index contributed by atoms with van der Waals surface area (Å²) in [6, 6.07) is 9.58. The van der Waals surface area contributed by atoms with Crippen molar-refractivity contribution >= 4 is 0 Å².